The molecule has 3 heterocycles. The minimum absolute atomic E-state index is 0.0397. The molecule has 28 heavy (non-hydrogen) atoms. The molecule has 0 unspecified atom stereocenters. The average molecular weight is 404 g/mol. The number of aryl methyl sites for hydroxylation is 2. The monoisotopic (exact) mass is 404 g/mol. The summed E-state index contributed by atoms with van der Waals surface area (Å²) in [4.78, 5) is 17.0. The lowest BCUT2D eigenvalue weighted by molar-refractivity contribution is -0.139. The lowest BCUT2D eigenvalue weighted by Gasteiger charge is -2.42. The summed E-state index contributed by atoms with van der Waals surface area (Å²) < 4.78 is 31.8. The number of sulfonamides is 1. The first kappa shape index (κ1) is 18.9. The minimum atomic E-state index is -3.66. The van der Waals surface area contributed by atoms with Crippen molar-refractivity contribution in [3.8, 4) is 0 Å². The number of nitrogens with zero attached hydrogens (tertiary/aromatic N) is 4. The maximum Gasteiger partial charge on any atom is 0.248 e. The van der Waals surface area contributed by atoms with Crippen LogP contribution in [0.5, 0.6) is 0 Å². The molecule has 2 aromatic rings. The van der Waals surface area contributed by atoms with Crippen LogP contribution >= 0.6 is 0 Å². The molecule has 2 aliphatic heterocycles. The Bertz CT molecular complexity index is 940. The second-order valence-electron chi connectivity index (χ2n) is 7.32. The van der Waals surface area contributed by atoms with Crippen molar-refractivity contribution in [2.75, 3.05) is 44.2 Å². The summed E-state index contributed by atoms with van der Waals surface area (Å²) in [5.74, 6) is 0.0424. The Morgan fingerprint density at radius 2 is 1.71 bits per heavy atom. The highest BCUT2D eigenvalue weighted by molar-refractivity contribution is 7.89. The van der Waals surface area contributed by atoms with Gasteiger partial charge in [-0.15, -0.1) is 0 Å². The Morgan fingerprint density at radius 1 is 1.07 bits per heavy atom. The van der Waals surface area contributed by atoms with Gasteiger partial charge >= 0.3 is 0 Å². The number of amides is 1. The molecule has 0 saturated carbocycles. The number of anilines is 1. The fourth-order valence-electron chi connectivity index (χ4n) is 3.84. The highest BCUT2D eigenvalue weighted by Gasteiger charge is 2.44. The van der Waals surface area contributed by atoms with Crippen molar-refractivity contribution in [1.29, 1.82) is 0 Å². The molecule has 2 fully saturated rings. The standard InChI is InChI=1S/C19H24N4O4S/c1-14-18(15(2)27-20-14)28(25,26)23-12-16(13-23)19(24)22-10-8-21(9-11-22)17-6-4-3-5-7-17/h3-7,16H,8-13H2,1-2H3. The third kappa shape index (κ3) is 3.29. The number of hydrogen-bond donors (Lipinski definition) is 0. The van der Waals surface area contributed by atoms with E-state index in [4.69, 9.17) is 4.52 Å². The number of benzene rings is 1. The van der Waals surface area contributed by atoms with E-state index < -0.39 is 10.0 Å². The second kappa shape index (κ2) is 7.21. The van der Waals surface area contributed by atoms with Gasteiger partial charge in [-0.3, -0.25) is 4.79 Å². The molecule has 9 heteroatoms. The molecule has 1 aromatic carbocycles. The van der Waals surface area contributed by atoms with E-state index in [1.54, 1.807) is 13.8 Å². The van der Waals surface area contributed by atoms with Crippen LogP contribution in [-0.4, -0.2) is 68.0 Å². The van der Waals surface area contributed by atoms with Gasteiger partial charge in [0, 0.05) is 45.0 Å². The topological polar surface area (TPSA) is 87.0 Å². The van der Waals surface area contributed by atoms with E-state index in [2.05, 4.69) is 22.2 Å². The maximum atomic E-state index is 12.8. The Hall–Kier alpha value is -2.39. The molecule has 0 atom stereocenters. The largest absolute Gasteiger partial charge is 0.368 e. The van der Waals surface area contributed by atoms with Crippen LogP contribution in [0.25, 0.3) is 0 Å². The molecule has 0 N–H and O–H groups in total. The van der Waals surface area contributed by atoms with Gasteiger partial charge in [0.2, 0.25) is 15.9 Å². The van der Waals surface area contributed by atoms with Gasteiger partial charge < -0.3 is 14.3 Å². The smallest absolute Gasteiger partial charge is 0.248 e. The van der Waals surface area contributed by atoms with Crippen LogP contribution in [0.4, 0.5) is 5.69 Å². The van der Waals surface area contributed by atoms with E-state index >= 15 is 0 Å². The Balaban J connectivity index is 1.33. The van der Waals surface area contributed by atoms with E-state index in [1.165, 1.54) is 4.31 Å². The Labute approximate surface area is 164 Å². The van der Waals surface area contributed by atoms with E-state index in [0.29, 0.717) is 18.8 Å². The van der Waals surface area contributed by atoms with Gasteiger partial charge in [0.1, 0.15) is 10.6 Å². The van der Waals surface area contributed by atoms with Crippen molar-refractivity contribution in [3.05, 3.63) is 41.8 Å². The first-order chi connectivity index (χ1) is 13.4. The van der Waals surface area contributed by atoms with Crippen LogP contribution in [0.3, 0.4) is 0 Å². The lowest BCUT2D eigenvalue weighted by atomic mass is 10.0. The summed E-state index contributed by atoms with van der Waals surface area (Å²) >= 11 is 0. The second-order valence-corrected chi connectivity index (χ2v) is 9.19. The molecule has 0 radical (unpaired) electrons. The van der Waals surface area contributed by atoms with E-state index in [1.807, 2.05) is 23.1 Å². The van der Waals surface area contributed by atoms with Crippen LogP contribution in [0.2, 0.25) is 0 Å². The van der Waals surface area contributed by atoms with Gasteiger partial charge in [-0.2, -0.15) is 4.31 Å². The third-order valence-corrected chi connectivity index (χ3v) is 7.55. The van der Waals surface area contributed by atoms with Crippen molar-refractivity contribution < 1.29 is 17.7 Å². The summed E-state index contributed by atoms with van der Waals surface area (Å²) in [5.41, 5.74) is 1.51. The molecule has 2 aliphatic rings. The van der Waals surface area contributed by atoms with Crippen molar-refractivity contribution in [1.82, 2.24) is 14.4 Å². The van der Waals surface area contributed by atoms with Crippen molar-refractivity contribution in [3.63, 3.8) is 0 Å². The first-order valence-electron chi connectivity index (χ1n) is 9.39. The third-order valence-electron chi connectivity index (χ3n) is 5.48. The molecule has 0 aliphatic carbocycles. The summed E-state index contributed by atoms with van der Waals surface area (Å²) in [7, 11) is -3.66. The van der Waals surface area contributed by atoms with Gasteiger partial charge in [0.05, 0.1) is 5.92 Å². The lowest BCUT2D eigenvalue weighted by Crippen LogP contribution is -2.59. The van der Waals surface area contributed by atoms with Crippen LogP contribution < -0.4 is 4.90 Å². The number of hydrogen-bond acceptors (Lipinski definition) is 6. The molecular formula is C19H24N4O4S. The number of para-hydroxylation sites is 1. The Morgan fingerprint density at radius 3 is 2.29 bits per heavy atom. The first-order valence-corrected chi connectivity index (χ1v) is 10.8. The van der Waals surface area contributed by atoms with Crippen molar-refractivity contribution >= 4 is 21.6 Å². The highest BCUT2D eigenvalue weighted by atomic mass is 32.2. The zero-order chi connectivity index (χ0) is 19.9. The molecule has 4 rings (SSSR count). The van der Waals surface area contributed by atoms with Crippen molar-refractivity contribution in [2.45, 2.75) is 18.7 Å². The van der Waals surface area contributed by atoms with E-state index in [0.717, 1.165) is 18.8 Å². The fourth-order valence-corrected chi connectivity index (χ4v) is 5.67. The van der Waals surface area contributed by atoms with Gasteiger partial charge in [-0.25, -0.2) is 8.42 Å². The van der Waals surface area contributed by atoms with Crippen LogP contribution in [0, 0.1) is 19.8 Å². The van der Waals surface area contributed by atoms with Crippen LogP contribution in [-0.2, 0) is 14.8 Å². The predicted octanol–water partition coefficient (Wildman–Crippen LogP) is 1.26. The fraction of sp³-hybridized carbons (Fsp3) is 0.474. The number of rotatable bonds is 4. The average Bonchev–Trinajstić information content (AvgIpc) is 3.00. The molecule has 2 saturated heterocycles. The highest BCUT2D eigenvalue weighted by Crippen LogP contribution is 2.30. The number of aromatic nitrogens is 1. The number of piperazine rings is 1. The van der Waals surface area contributed by atoms with E-state index in [-0.39, 0.29) is 35.6 Å². The molecule has 150 valence electrons. The summed E-state index contributed by atoms with van der Waals surface area (Å²) in [6, 6.07) is 10.1. The van der Waals surface area contributed by atoms with Gasteiger partial charge in [-0.05, 0) is 26.0 Å². The molecular weight excluding hydrogens is 380 g/mol. The molecule has 8 nitrogen and oxygen atoms in total. The van der Waals surface area contributed by atoms with Crippen LogP contribution in [0.1, 0.15) is 11.5 Å². The van der Waals surface area contributed by atoms with Gasteiger partial charge in [0.15, 0.2) is 5.76 Å². The van der Waals surface area contributed by atoms with E-state index in [9.17, 15) is 13.2 Å². The van der Waals surface area contributed by atoms with Crippen LogP contribution in [0.15, 0.2) is 39.8 Å². The van der Waals surface area contributed by atoms with Crippen molar-refractivity contribution in [2.24, 2.45) is 5.92 Å². The molecule has 0 spiro atoms. The normalized spacial score (nSPS) is 18.9. The molecule has 1 amide bonds. The summed E-state index contributed by atoms with van der Waals surface area (Å²) in [6.07, 6.45) is 0. The zero-order valence-electron chi connectivity index (χ0n) is 16.0. The Kier molecular flexibility index (Phi) is 4.88. The zero-order valence-corrected chi connectivity index (χ0v) is 16.9. The van der Waals surface area contributed by atoms with Gasteiger partial charge in [0.25, 0.3) is 0 Å². The SMILES string of the molecule is Cc1noc(C)c1S(=O)(=O)N1CC(C(=O)N2CCN(c3ccccc3)CC2)C1. The summed E-state index contributed by atoms with van der Waals surface area (Å²) in [5, 5.41) is 3.72. The molecule has 0 bridgehead atoms. The quantitative estimate of drug-likeness (QED) is 0.763. The number of carbonyl (C=O) groups is 1. The van der Waals surface area contributed by atoms with Gasteiger partial charge in [-0.1, -0.05) is 23.4 Å². The number of carbonyl (C=O) groups excluding carboxylic acids is 1. The summed E-state index contributed by atoms with van der Waals surface area (Å²) in [6.45, 7) is 6.49. The minimum Gasteiger partial charge on any atom is -0.368 e. The maximum absolute atomic E-state index is 12.8. The molecule has 1 aromatic heterocycles. The predicted molar refractivity (Wildman–Crippen MR) is 103 cm³/mol.